The first-order chi connectivity index (χ1) is 6.20. The maximum atomic E-state index is 13.1. The molecule has 0 radical (unpaired) electrons. The zero-order chi connectivity index (χ0) is 9.84. The van der Waals surface area contributed by atoms with Crippen molar-refractivity contribution in [2.45, 2.75) is 6.42 Å². The Balaban J connectivity index is 3.25. The molecule has 0 bridgehead atoms. The summed E-state index contributed by atoms with van der Waals surface area (Å²) in [5.41, 5.74) is 0.284. The molecule has 0 aliphatic rings. The minimum absolute atomic E-state index is 0.0223. The smallest absolute Gasteiger partial charge is 0.139 e. The maximum Gasteiger partial charge on any atom is 0.139 e. The van der Waals surface area contributed by atoms with Gasteiger partial charge in [-0.15, -0.1) is 0 Å². The molecular weight excluding hydrogens is 239 g/mol. The lowest BCUT2D eigenvalue weighted by atomic mass is 10.1. The van der Waals surface area contributed by atoms with Gasteiger partial charge in [0.25, 0.3) is 0 Å². The highest BCUT2D eigenvalue weighted by molar-refractivity contribution is 9.10. The second-order valence-corrected chi connectivity index (χ2v) is 3.27. The topological polar surface area (TPSA) is 26.3 Å². The average molecular weight is 247 g/mol. The normalized spacial score (nSPS) is 9.77. The van der Waals surface area contributed by atoms with Gasteiger partial charge in [-0.3, -0.25) is 0 Å². The third-order valence-electron chi connectivity index (χ3n) is 1.65. The molecule has 0 amide bonds. The van der Waals surface area contributed by atoms with E-state index in [4.69, 9.17) is 4.74 Å². The van der Waals surface area contributed by atoms with Gasteiger partial charge in [0.15, 0.2) is 0 Å². The van der Waals surface area contributed by atoms with Gasteiger partial charge in [-0.1, -0.05) is 0 Å². The van der Waals surface area contributed by atoms with Crippen LogP contribution in [0.3, 0.4) is 0 Å². The molecule has 13 heavy (non-hydrogen) atoms. The summed E-state index contributed by atoms with van der Waals surface area (Å²) < 4.78 is 18.8. The van der Waals surface area contributed by atoms with Crippen LogP contribution in [-0.4, -0.2) is 13.4 Å². The van der Waals surface area contributed by atoms with Gasteiger partial charge in [0.2, 0.25) is 0 Å². The first-order valence-corrected chi connectivity index (χ1v) is 4.44. The van der Waals surface area contributed by atoms with E-state index in [2.05, 4.69) is 15.9 Å². The third-order valence-corrected chi connectivity index (χ3v) is 2.27. The van der Waals surface area contributed by atoms with Gasteiger partial charge in [-0.25, -0.2) is 4.39 Å². The molecule has 4 heteroatoms. The number of methoxy groups -OCH3 is 1. The molecule has 0 spiro atoms. The fourth-order valence-corrected chi connectivity index (χ4v) is 1.60. The molecule has 0 heterocycles. The van der Waals surface area contributed by atoms with Gasteiger partial charge >= 0.3 is 0 Å². The molecule has 1 aromatic rings. The van der Waals surface area contributed by atoms with Crippen molar-refractivity contribution in [3.05, 3.63) is 28.0 Å². The Morgan fingerprint density at radius 2 is 2.31 bits per heavy atom. The highest BCUT2D eigenvalue weighted by Crippen LogP contribution is 2.30. The van der Waals surface area contributed by atoms with Crippen LogP contribution in [0.15, 0.2) is 16.6 Å². The molecule has 2 nitrogen and oxygen atoms in total. The highest BCUT2D eigenvalue weighted by atomic mass is 79.9. The van der Waals surface area contributed by atoms with E-state index < -0.39 is 5.82 Å². The number of rotatable bonds is 3. The number of ether oxygens (including phenoxy) is 1. The predicted molar refractivity (Wildman–Crippen MR) is 50.4 cm³/mol. The summed E-state index contributed by atoms with van der Waals surface area (Å²) in [6.45, 7) is 0. The minimum Gasteiger partial charge on any atom is -0.495 e. The van der Waals surface area contributed by atoms with Gasteiger partial charge in [-0.05, 0) is 28.1 Å². The largest absolute Gasteiger partial charge is 0.495 e. The van der Waals surface area contributed by atoms with Crippen LogP contribution in [0.2, 0.25) is 0 Å². The second-order valence-electron chi connectivity index (χ2n) is 2.41. The molecule has 0 atom stereocenters. The Kier molecular flexibility index (Phi) is 3.42. The Labute approximate surface area is 83.8 Å². The Hall–Kier alpha value is -0.900. The quantitative estimate of drug-likeness (QED) is 0.766. The third kappa shape index (κ3) is 2.06. The molecule has 0 saturated heterocycles. The maximum absolute atomic E-state index is 13.1. The fourth-order valence-electron chi connectivity index (χ4n) is 1.07. The first-order valence-electron chi connectivity index (χ1n) is 3.65. The predicted octanol–water partition coefficient (Wildman–Crippen LogP) is 2.34. The Morgan fingerprint density at radius 1 is 1.62 bits per heavy atom. The van der Waals surface area contributed by atoms with Gasteiger partial charge in [0.1, 0.15) is 17.9 Å². The van der Waals surface area contributed by atoms with Crippen LogP contribution in [0, 0.1) is 5.82 Å². The average Bonchev–Trinajstić information content (AvgIpc) is 2.12. The fraction of sp³-hybridized carbons (Fsp3) is 0.222. The lowest BCUT2D eigenvalue weighted by Crippen LogP contribution is -1.97. The van der Waals surface area contributed by atoms with Crippen LogP contribution in [0.4, 0.5) is 4.39 Å². The summed E-state index contributed by atoms with van der Waals surface area (Å²) in [5, 5.41) is 0. The Morgan fingerprint density at radius 3 is 2.85 bits per heavy atom. The molecular formula is C9H8BrFO2. The van der Waals surface area contributed by atoms with Crippen molar-refractivity contribution in [2.24, 2.45) is 0 Å². The summed E-state index contributed by atoms with van der Waals surface area (Å²) in [6, 6.07) is 2.84. The van der Waals surface area contributed by atoms with E-state index in [0.29, 0.717) is 16.5 Å². The van der Waals surface area contributed by atoms with Crippen molar-refractivity contribution < 1.29 is 13.9 Å². The summed E-state index contributed by atoms with van der Waals surface area (Å²) in [5.74, 6) is -0.0424. The van der Waals surface area contributed by atoms with Crippen LogP contribution in [0.5, 0.6) is 5.75 Å². The van der Waals surface area contributed by atoms with Gasteiger partial charge in [0.05, 0.1) is 11.6 Å². The van der Waals surface area contributed by atoms with E-state index in [9.17, 15) is 9.18 Å². The van der Waals surface area contributed by atoms with E-state index in [-0.39, 0.29) is 12.0 Å². The summed E-state index contributed by atoms with van der Waals surface area (Å²) >= 11 is 3.20. The van der Waals surface area contributed by atoms with Crippen molar-refractivity contribution in [2.75, 3.05) is 7.11 Å². The van der Waals surface area contributed by atoms with Gasteiger partial charge in [-0.2, -0.15) is 0 Å². The standard InChI is InChI=1S/C9H8BrFO2/c1-13-9-6(4-5-12)8(11)3-2-7(9)10/h2-3,5H,4H2,1H3. The number of hydrogen-bond acceptors (Lipinski definition) is 2. The molecule has 0 fully saturated rings. The molecule has 0 N–H and O–H groups in total. The number of hydrogen-bond donors (Lipinski definition) is 0. The van der Waals surface area contributed by atoms with Crippen LogP contribution in [0.25, 0.3) is 0 Å². The molecule has 1 aromatic carbocycles. The number of aldehydes is 1. The lowest BCUT2D eigenvalue weighted by molar-refractivity contribution is -0.107. The van der Waals surface area contributed by atoms with E-state index in [0.717, 1.165) is 0 Å². The Bertz CT molecular complexity index is 326. The van der Waals surface area contributed by atoms with E-state index >= 15 is 0 Å². The molecule has 0 aliphatic heterocycles. The zero-order valence-corrected chi connectivity index (χ0v) is 8.60. The highest BCUT2D eigenvalue weighted by Gasteiger charge is 2.11. The van der Waals surface area contributed by atoms with E-state index in [1.807, 2.05) is 0 Å². The van der Waals surface area contributed by atoms with Crippen LogP contribution < -0.4 is 4.74 Å². The molecule has 0 aliphatic carbocycles. The van der Waals surface area contributed by atoms with Crippen LogP contribution in [0.1, 0.15) is 5.56 Å². The van der Waals surface area contributed by atoms with Crippen LogP contribution >= 0.6 is 15.9 Å². The van der Waals surface area contributed by atoms with Crippen molar-refractivity contribution in [3.63, 3.8) is 0 Å². The monoisotopic (exact) mass is 246 g/mol. The van der Waals surface area contributed by atoms with Crippen molar-refractivity contribution in [1.82, 2.24) is 0 Å². The van der Waals surface area contributed by atoms with Crippen molar-refractivity contribution >= 4 is 22.2 Å². The van der Waals surface area contributed by atoms with Crippen LogP contribution in [-0.2, 0) is 11.2 Å². The summed E-state index contributed by atoms with van der Waals surface area (Å²) in [6.07, 6.45) is 0.668. The molecule has 0 aromatic heterocycles. The van der Waals surface area contributed by atoms with E-state index in [1.54, 1.807) is 6.07 Å². The number of carbonyl (C=O) groups is 1. The second kappa shape index (κ2) is 4.37. The summed E-state index contributed by atoms with van der Waals surface area (Å²) in [4.78, 5) is 10.3. The SMILES string of the molecule is COc1c(Br)ccc(F)c1CC=O. The number of carbonyl (C=O) groups excluding carboxylic acids is 1. The number of benzene rings is 1. The molecule has 70 valence electrons. The van der Waals surface area contributed by atoms with Crippen molar-refractivity contribution in [1.29, 1.82) is 0 Å². The molecule has 0 unspecified atom stereocenters. The zero-order valence-electron chi connectivity index (χ0n) is 7.01. The number of halogens is 2. The van der Waals surface area contributed by atoms with E-state index in [1.165, 1.54) is 13.2 Å². The van der Waals surface area contributed by atoms with Gasteiger partial charge in [0, 0.05) is 12.0 Å². The van der Waals surface area contributed by atoms with Gasteiger partial charge < -0.3 is 9.53 Å². The van der Waals surface area contributed by atoms with Crippen molar-refractivity contribution in [3.8, 4) is 5.75 Å². The summed E-state index contributed by atoms with van der Waals surface area (Å²) in [7, 11) is 1.44. The molecule has 1 rings (SSSR count). The lowest BCUT2D eigenvalue weighted by Gasteiger charge is -2.08. The molecule has 0 saturated carbocycles. The minimum atomic E-state index is -0.424. The first kappa shape index (κ1) is 10.2.